The lowest BCUT2D eigenvalue weighted by Gasteiger charge is -2.11. The van der Waals surface area contributed by atoms with Crippen molar-refractivity contribution in [2.75, 3.05) is 13.2 Å². The third-order valence-corrected chi connectivity index (χ3v) is 7.30. The summed E-state index contributed by atoms with van der Waals surface area (Å²) in [5.74, 6) is 2.12. The molecule has 0 N–H and O–H groups in total. The summed E-state index contributed by atoms with van der Waals surface area (Å²) in [7, 11) is 0. The van der Waals surface area contributed by atoms with Gasteiger partial charge in [-0.25, -0.2) is 0 Å². The summed E-state index contributed by atoms with van der Waals surface area (Å²) < 4.78 is 10.7. The number of carbonyl (C=O) groups excluding carboxylic acids is 2. The van der Waals surface area contributed by atoms with Gasteiger partial charge in [-0.1, -0.05) is 131 Å². The smallest absolute Gasteiger partial charge is 0.305 e. The number of carbonyl (C=O) groups is 2. The molecule has 0 aromatic rings. The Labute approximate surface area is 231 Å². The highest BCUT2D eigenvalue weighted by Crippen LogP contribution is 2.17. The van der Waals surface area contributed by atoms with Crippen LogP contribution in [-0.2, 0) is 19.1 Å². The first-order valence-electron chi connectivity index (χ1n) is 16.1. The van der Waals surface area contributed by atoms with Gasteiger partial charge in [-0.05, 0) is 43.4 Å². The molecule has 0 aliphatic heterocycles. The van der Waals surface area contributed by atoms with Crippen LogP contribution in [0.4, 0.5) is 0 Å². The molecule has 1 atom stereocenters. The number of esters is 2. The van der Waals surface area contributed by atoms with E-state index in [1.165, 1.54) is 83.5 Å². The summed E-state index contributed by atoms with van der Waals surface area (Å²) in [4.78, 5) is 23.7. The quantitative estimate of drug-likeness (QED) is 0.0792. The molecule has 1 unspecified atom stereocenters. The lowest BCUT2D eigenvalue weighted by Crippen LogP contribution is -2.08. The molecule has 0 spiro atoms. The normalized spacial score (nSPS) is 12.3. The van der Waals surface area contributed by atoms with Gasteiger partial charge in [0.05, 0.1) is 13.2 Å². The largest absolute Gasteiger partial charge is 0.466 e. The van der Waals surface area contributed by atoms with E-state index in [9.17, 15) is 9.59 Å². The van der Waals surface area contributed by atoms with Crippen LogP contribution in [0, 0.1) is 17.8 Å². The highest BCUT2D eigenvalue weighted by molar-refractivity contribution is 5.69. The van der Waals surface area contributed by atoms with E-state index in [-0.39, 0.29) is 11.9 Å². The standard InChI is InChI=1S/C33H64O4/c1-29(2)21-15-13-19-27-36-32(34)24-18-12-10-8-6-7-9-11-17-23-31(5)25-26-33(35)37-28-20-14-16-22-30(3)4/h29-31H,6-28H2,1-5H3. The van der Waals surface area contributed by atoms with Crippen molar-refractivity contribution in [3.8, 4) is 0 Å². The third kappa shape index (κ3) is 29.4. The van der Waals surface area contributed by atoms with Crippen molar-refractivity contribution in [1.82, 2.24) is 0 Å². The average Bonchev–Trinajstić information content (AvgIpc) is 2.85. The molecule has 0 aromatic carbocycles. The van der Waals surface area contributed by atoms with E-state index in [1.807, 2.05) is 0 Å². The summed E-state index contributed by atoms with van der Waals surface area (Å²) in [6, 6.07) is 0. The molecule has 0 aromatic heterocycles. The van der Waals surface area contributed by atoms with Crippen LogP contribution in [0.15, 0.2) is 0 Å². The van der Waals surface area contributed by atoms with Gasteiger partial charge < -0.3 is 9.47 Å². The van der Waals surface area contributed by atoms with Crippen LogP contribution in [0.2, 0.25) is 0 Å². The van der Waals surface area contributed by atoms with E-state index in [2.05, 4.69) is 34.6 Å². The highest BCUT2D eigenvalue weighted by atomic mass is 16.5. The van der Waals surface area contributed by atoms with Crippen molar-refractivity contribution in [1.29, 1.82) is 0 Å². The van der Waals surface area contributed by atoms with Crippen LogP contribution in [-0.4, -0.2) is 25.2 Å². The van der Waals surface area contributed by atoms with Crippen molar-refractivity contribution >= 4 is 11.9 Å². The van der Waals surface area contributed by atoms with Crippen LogP contribution >= 0.6 is 0 Å². The van der Waals surface area contributed by atoms with E-state index in [1.54, 1.807) is 0 Å². The Morgan fingerprint density at radius 2 is 0.811 bits per heavy atom. The van der Waals surface area contributed by atoms with Crippen LogP contribution in [0.25, 0.3) is 0 Å². The van der Waals surface area contributed by atoms with Gasteiger partial charge in [-0.3, -0.25) is 9.59 Å². The van der Waals surface area contributed by atoms with Crippen LogP contribution < -0.4 is 0 Å². The summed E-state index contributed by atoms with van der Waals surface area (Å²) >= 11 is 0. The van der Waals surface area contributed by atoms with Crippen LogP contribution in [0.5, 0.6) is 0 Å². The Kier molecular flexibility index (Phi) is 25.8. The van der Waals surface area contributed by atoms with Crippen LogP contribution in [0.3, 0.4) is 0 Å². The monoisotopic (exact) mass is 524 g/mol. The molecular formula is C33H64O4. The van der Waals surface area contributed by atoms with E-state index in [4.69, 9.17) is 9.47 Å². The van der Waals surface area contributed by atoms with Gasteiger partial charge in [0.2, 0.25) is 0 Å². The molecule has 0 fully saturated rings. The molecule has 0 heterocycles. The molecule has 4 nitrogen and oxygen atoms in total. The molecule has 0 rings (SSSR count). The predicted molar refractivity (Wildman–Crippen MR) is 158 cm³/mol. The Balaban J connectivity index is 3.35. The van der Waals surface area contributed by atoms with Crippen molar-refractivity contribution < 1.29 is 19.1 Å². The molecule has 37 heavy (non-hydrogen) atoms. The molecular weight excluding hydrogens is 460 g/mol. The molecule has 0 amide bonds. The molecule has 0 saturated heterocycles. The van der Waals surface area contributed by atoms with Gasteiger partial charge in [-0.2, -0.15) is 0 Å². The van der Waals surface area contributed by atoms with E-state index < -0.39 is 0 Å². The minimum atomic E-state index is -0.0138. The Morgan fingerprint density at radius 1 is 0.432 bits per heavy atom. The van der Waals surface area contributed by atoms with E-state index >= 15 is 0 Å². The molecule has 0 radical (unpaired) electrons. The zero-order valence-electron chi connectivity index (χ0n) is 25.6. The number of hydrogen-bond donors (Lipinski definition) is 0. The molecule has 0 saturated carbocycles. The second-order valence-corrected chi connectivity index (χ2v) is 12.3. The SMILES string of the molecule is CC(C)CCCCCOC(=O)CCCCCCCCCCCC(C)CCC(=O)OCCCCCC(C)C. The van der Waals surface area contributed by atoms with Gasteiger partial charge in [0, 0.05) is 12.8 Å². The third-order valence-electron chi connectivity index (χ3n) is 7.30. The van der Waals surface area contributed by atoms with Gasteiger partial charge in [-0.15, -0.1) is 0 Å². The molecule has 0 aliphatic carbocycles. The van der Waals surface area contributed by atoms with Gasteiger partial charge >= 0.3 is 11.9 Å². The van der Waals surface area contributed by atoms with Crippen LogP contribution in [0.1, 0.15) is 169 Å². The summed E-state index contributed by atoms with van der Waals surface area (Å²) in [5, 5.41) is 0. The van der Waals surface area contributed by atoms with E-state index in [0.29, 0.717) is 32.0 Å². The maximum absolute atomic E-state index is 11.9. The first kappa shape index (κ1) is 35.9. The number of unbranched alkanes of at least 4 members (excludes halogenated alkanes) is 12. The summed E-state index contributed by atoms with van der Waals surface area (Å²) in [5.41, 5.74) is 0. The van der Waals surface area contributed by atoms with Gasteiger partial charge in [0.25, 0.3) is 0 Å². The Bertz CT molecular complexity index is 514. The maximum atomic E-state index is 11.9. The Hall–Kier alpha value is -1.06. The lowest BCUT2D eigenvalue weighted by molar-refractivity contribution is -0.144. The second kappa shape index (κ2) is 26.5. The second-order valence-electron chi connectivity index (χ2n) is 12.3. The molecule has 0 bridgehead atoms. The maximum Gasteiger partial charge on any atom is 0.305 e. The van der Waals surface area contributed by atoms with Gasteiger partial charge in [0.15, 0.2) is 0 Å². The Morgan fingerprint density at radius 3 is 1.30 bits per heavy atom. The fraction of sp³-hybridized carbons (Fsp3) is 0.939. The zero-order chi connectivity index (χ0) is 27.6. The molecule has 0 aliphatic rings. The molecule has 4 heteroatoms. The minimum Gasteiger partial charge on any atom is -0.466 e. The molecule has 220 valence electrons. The zero-order valence-corrected chi connectivity index (χ0v) is 25.6. The number of rotatable bonds is 27. The fourth-order valence-corrected chi connectivity index (χ4v) is 4.69. The number of hydrogen-bond acceptors (Lipinski definition) is 4. The van der Waals surface area contributed by atoms with E-state index in [0.717, 1.165) is 50.4 Å². The van der Waals surface area contributed by atoms with Crippen molar-refractivity contribution in [3.63, 3.8) is 0 Å². The first-order valence-corrected chi connectivity index (χ1v) is 16.1. The first-order chi connectivity index (χ1) is 17.8. The number of ether oxygens (including phenoxy) is 2. The lowest BCUT2D eigenvalue weighted by atomic mass is 9.97. The topological polar surface area (TPSA) is 52.6 Å². The summed E-state index contributed by atoms with van der Waals surface area (Å²) in [6.45, 7) is 12.5. The van der Waals surface area contributed by atoms with Crippen molar-refractivity contribution in [2.24, 2.45) is 17.8 Å². The van der Waals surface area contributed by atoms with Crippen molar-refractivity contribution in [2.45, 2.75) is 169 Å². The van der Waals surface area contributed by atoms with Gasteiger partial charge in [0.1, 0.15) is 0 Å². The summed E-state index contributed by atoms with van der Waals surface area (Å²) in [6.07, 6.45) is 23.8. The highest BCUT2D eigenvalue weighted by Gasteiger charge is 2.08. The minimum absolute atomic E-state index is 0.0116. The van der Waals surface area contributed by atoms with Crippen molar-refractivity contribution in [3.05, 3.63) is 0 Å². The predicted octanol–water partition coefficient (Wildman–Crippen LogP) is 10.2. The average molecular weight is 525 g/mol. The fourth-order valence-electron chi connectivity index (χ4n) is 4.69.